The summed E-state index contributed by atoms with van der Waals surface area (Å²) in [7, 11) is 0. The number of hydrogen-bond acceptors (Lipinski definition) is 8. The Balaban J connectivity index is 1.52. The maximum absolute atomic E-state index is 13.4. The fraction of sp³-hybridized carbons (Fsp3) is 0.786. The lowest BCUT2D eigenvalue weighted by atomic mass is 9.40. The molecule has 11 atom stereocenters. The van der Waals surface area contributed by atoms with E-state index in [0.29, 0.717) is 18.4 Å². The summed E-state index contributed by atoms with van der Waals surface area (Å²) in [6.45, 7) is 8.90. The number of ether oxygens (including phenoxy) is 2. The first-order valence-electron chi connectivity index (χ1n) is 13.3. The van der Waals surface area contributed by atoms with Crippen LogP contribution in [0.2, 0.25) is 0 Å². The van der Waals surface area contributed by atoms with Gasteiger partial charge in [0.1, 0.15) is 5.60 Å². The first-order valence-corrected chi connectivity index (χ1v) is 13.3. The molecule has 4 fully saturated rings. The van der Waals surface area contributed by atoms with Gasteiger partial charge < -0.3 is 29.9 Å². The maximum atomic E-state index is 13.4. The summed E-state index contributed by atoms with van der Waals surface area (Å²) in [6, 6.07) is 0. The maximum Gasteiger partial charge on any atom is 0.336 e. The number of rotatable bonds is 0. The van der Waals surface area contributed by atoms with Gasteiger partial charge in [0, 0.05) is 18.4 Å². The molecule has 2 aliphatic heterocycles. The van der Waals surface area contributed by atoms with Crippen molar-refractivity contribution >= 4 is 11.8 Å². The van der Waals surface area contributed by atoms with Crippen LogP contribution in [-0.4, -0.2) is 61.1 Å². The number of carbonyl (C=O) groups is 2. The van der Waals surface area contributed by atoms with Crippen molar-refractivity contribution < 1.29 is 39.5 Å². The van der Waals surface area contributed by atoms with Gasteiger partial charge in [-0.2, -0.15) is 0 Å². The lowest BCUT2D eigenvalue weighted by Gasteiger charge is -2.71. The molecule has 0 unspecified atom stereocenters. The summed E-state index contributed by atoms with van der Waals surface area (Å²) in [6.07, 6.45) is 3.53. The van der Waals surface area contributed by atoms with Crippen molar-refractivity contribution in [1.82, 2.24) is 0 Å². The molecular formula is C28H38O8. The fourth-order valence-electron chi connectivity index (χ4n) is 9.60. The average Bonchev–Trinajstić information content (AvgIpc) is 3.09. The number of aliphatic hydroxyl groups is 4. The Bertz CT molecular complexity index is 1130. The predicted octanol–water partition coefficient (Wildman–Crippen LogP) is 2.14. The van der Waals surface area contributed by atoms with Gasteiger partial charge in [-0.25, -0.2) is 4.79 Å². The third kappa shape index (κ3) is 2.40. The number of hydrogen-bond donors (Lipinski definition) is 4. The van der Waals surface area contributed by atoms with Crippen LogP contribution >= 0.6 is 0 Å². The Morgan fingerprint density at radius 3 is 2.42 bits per heavy atom. The summed E-state index contributed by atoms with van der Waals surface area (Å²) < 4.78 is 12.5. The molecule has 0 radical (unpaired) electrons. The van der Waals surface area contributed by atoms with Gasteiger partial charge in [-0.15, -0.1) is 0 Å². The molecule has 0 aromatic rings. The predicted molar refractivity (Wildman–Crippen MR) is 127 cm³/mol. The smallest absolute Gasteiger partial charge is 0.336 e. The van der Waals surface area contributed by atoms with Crippen LogP contribution in [-0.2, 0) is 19.1 Å². The Morgan fingerprint density at radius 2 is 1.75 bits per heavy atom. The van der Waals surface area contributed by atoms with E-state index in [1.807, 2.05) is 20.8 Å². The Hall–Kier alpha value is -1.58. The van der Waals surface area contributed by atoms with Crippen molar-refractivity contribution in [3.63, 3.8) is 0 Å². The summed E-state index contributed by atoms with van der Waals surface area (Å²) in [5, 5.41) is 47.8. The molecule has 36 heavy (non-hydrogen) atoms. The van der Waals surface area contributed by atoms with Gasteiger partial charge in [0.15, 0.2) is 11.6 Å². The Kier molecular flexibility index (Phi) is 4.73. The summed E-state index contributed by atoms with van der Waals surface area (Å²) >= 11 is 0. The zero-order valence-electron chi connectivity index (χ0n) is 21.7. The summed E-state index contributed by atoms with van der Waals surface area (Å²) in [5.74, 6) is -5.87. The molecule has 0 aromatic heterocycles. The van der Waals surface area contributed by atoms with Crippen molar-refractivity contribution in [3.05, 3.63) is 23.3 Å². The van der Waals surface area contributed by atoms with E-state index in [9.17, 15) is 30.0 Å². The Labute approximate surface area is 211 Å². The van der Waals surface area contributed by atoms with Crippen LogP contribution < -0.4 is 0 Å². The van der Waals surface area contributed by atoms with Gasteiger partial charge in [0.25, 0.3) is 0 Å². The zero-order chi connectivity index (χ0) is 26.3. The molecule has 198 valence electrons. The van der Waals surface area contributed by atoms with E-state index >= 15 is 0 Å². The van der Waals surface area contributed by atoms with Crippen molar-refractivity contribution in [2.45, 2.75) is 102 Å². The Morgan fingerprint density at radius 1 is 1.06 bits per heavy atom. The third-order valence-electron chi connectivity index (χ3n) is 12.2. The second-order valence-electron chi connectivity index (χ2n) is 13.0. The van der Waals surface area contributed by atoms with Crippen LogP contribution in [0.4, 0.5) is 0 Å². The SMILES string of the molecule is CC1=C(C)C(=O)O[C@]2(C1)O[C@@]1(O)C[C@H]3[C@@H](C[C@@H](O)[C@@]4(O)CC=CC(=O)[C@]34C)[C@@H]3CC[C@@](O)([C@@H]2C)[C@]31C. The van der Waals surface area contributed by atoms with Crippen LogP contribution in [0.15, 0.2) is 23.3 Å². The molecule has 0 bridgehead atoms. The molecule has 6 rings (SSSR count). The number of esters is 1. The first-order chi connectivity index (χ1) is 16.6. The van der Waals surface area contributed by atoms with E-state index in [1.54, 1.807) is 19.9 Å². The fourth-order valence-corrected chi connectivity index (χ4v) is 9.60. The van der Waals surface area contributed by atoms with E-state index in [1.165, 1.54) is 6.08 Å². The van der Waals surface area contributed by atoms with E-state index in [4.69, 9.17) is 9.47 Å². The minimum Gasteiger partial charge on any atom is -0.429 e. The molecule has 6 aliphatic rings. The summed E-state index contributed by atoms with van der Waals surface area (Å²) in [5.41, 5.74) is -4.25. The highest BCUT2D eigenvalue weighted by Gasteiger charge is 2.82. The first kappa shape index (κ1) is 24.7. The lowest BCUT2D eigenvalue weighted by molar-refractivity contribution is -0.473. The van der Waals surface area contributed by atoms with Crippen LogP contribution in [0.1, 0.15) is 73.1 Å². The number of fused-ring (bicyclic) bond motifs is 4. The largest absolute Gasteiger partial charge is 0.429 e. The van der Waals surface area contributed by atoms with Crippen LogP contribution in [0, 0.1) is 34.5 Å². The van der Waals surface area contributed by atoms with Crippen molar-refractivity contribution in [1.29, 1.82) is 0 Å². The van der Waals surface area contributed by atoms with Gasteiger partial charge >= 0.3 is 5.97 Å². The molecule has 4 aliphatic carbocycles. The highest BCUT2D eigenvalue weighted by Crippen LogP contribution is 2.75. The molecular weight excluding hydrogens is 464 g/mol. The molecule has 3 saturated carbocycles. The molecule has 0 aromatic carbocycles. The quantitative estimate of drug-likeness (QED) is 0.370. The van der Waals surface area contributed by atoms with Crippen LogP contribution in [0.25, 0.3) is 0 Å². The molecule has 4 N–H and O–H groups in total. The van der Waals surface area contributed by atoms with Gasteiger partial charge in [-0.1, -0.05) is 25.5 Å². The highest BCUT2D eigenvalue weighted by molar-refractivity contribution is 5.97. The lowest BCUT2D eigenvalue weighted by Crippen LogP contribution is -2.80. The van der Waals surface area contributed by atoms with Gasteiger partial charge in [0.05, 0.1) is 28.5 Å². The standard InChI is InChI=1S/C28H38O8/c1-14-12-27(35-22(31)15(14)2)16(3)25(32)10-8-18-17-11-21(30)26(33)9-6-7-20(29)23(26,4)19(17)13-28(34,36-27)24(18,25)5/h6-7,16-19,21,30,32-34H,8-13H2,1-5H3/t16-,17-,18-,19-,21+,23-,24-,25+,26-,27+,28-/m0/s1. The number of allylic oxidation sites excluding steroid dienone is 1. The van der Waals surface area contributed by atoms with E-state index in [0.717, 1.165) is 5.57 Å². The normalized spacial score (nSPS) is 57.9. The van der Waals surface area contributed by atoms with E-state index < -0.39 is 57.5 Å². The van der Waals surface area contributed by atoms with Crippen LogP contribution in [0.3, 0.4) is 0 Å². The van der Waals surface area contributed by atoms with E-state index in [-0.39, 0.29) is 43.3 Å². The van der Waals surface area contributed by atoms with Crippen molar-refractivity contribution in [2.75, 3.05) is 0 Å². The molecule has 0 amide bonds. The average molecular weight is 503 g/mol. The second-order valence-corrected chi connectivity index (χ2v) is 13.0. The van der Waals surface area contributed by atoms with Crippen LogP contribution in [0.5, 0.6) is 0 Å². The summed E-state index contributed by atoms with van der Waals surface area (Å²) in [4.78, 5) is 26.3. The number of ketones is 1. The van der Waals surface area contributed by atoms with Crippen molar-refractivity contribution in [2.24, 2.45) is 34.5 Å². The molecule has 1 spiro atoms. The van der Waals surface area contributed by atoms with Gasteiger partial charge in [0.2, 0.25) is 5.79 Å². The van der Waals surface area contributed by atoms with E-state index in [2.05, 4.69) is 0 Å². The van der Waals surface area contributed by atoms with Crippen molar-refractivity contribution in [3.8, 4) is 0 Å². The topological polar surface area (TPSA) is 134 Å². The molecule has 8 heteroatoms. The second kappa shape index (κ2) is 6.89. The highest BCUT2D eigenvalue weighted by atomic mass is 16.8. The van der Waals surface area contributed by atoms with Gasteiger partial charge in [-0.3, -0.25) is 4.79 Å². The number of carbonyl (C=O) groups excluding carboxylic acids is 2. The minimum atomic E-state index is -1.92. The molecule has 1 saturated heterocycles. The monoisotopic (exact) mass is 502 g/mol. The third-order valence-corrected chi connectivity index (χ3v) is 12.2. The minimum absolute atomic E-state index is 0.0220. The molecule has 8 nitrogen and oxygen atoms in total. The van der Waals surface area contributed by atoms with Gasteiger partial charge in [-0.05, 0) is 70.3 Å². The zero-order valence-corrected chi connectivity index (χ0v) is 21.7. The number of aliphatic hydroxyl groups excluding tert-OH is 1. The molecule has 2 heterocycles.